The normalized spacial score (nSPS) is 11.3. The van der Waals surface area contributed by atoms with Crippen molar-refractivity contribution in [1.29, 1.82) is 0 Å². The fourth-order valence-corrected chi connectivity index (χ4v) is 2.91. The van der Waals surface area contributed by atoms with E-state index in [-0.39, 0.29) is 5.75 Å². The quantitative estimate of drug-likeness (QED) is 0.405. The number of phenols is 1. The first-order chi connectivity index (χ1) is 14.2. The number of hydrogen-bond donors (Lipinski definition) is 3. The minimum atomic E-state index is 0.122. The molecule has 3 rings (SSSR count). The Hall–Kier alpha value is -3.48. The number of hydrogen-bond acceptors (Lipinski definition) is 4. The van der Waals surface area contributed by atoms with Crippen molar-refractivity contribution < 1.29 is 9.84 Å². The van der Waals surface area contributed by atoms with Crippen molar-refractivity contribution in [3.05, 3.63) is 72.1 Å². The predicted octanol–water partition coefficient (Wildman–Crippen LogP) is 2.88. The van der Waals surface area contributed by atoms with E-state index in [4.69, 9.17) is 4.74 Å². The molecule has 0 bridgehead atoms. The minimum Gasteiger partial charge on any atom is -0.504 e. The van der Waals surface area contributed by atoms with E-state index in [1.54, 1.807) is 18.3 Å². The molecular formula is C22H27N5O2. The van der Waals surface area contributed by atoms with Gasteiger partial charge in [0, 0.05) is 25.5 Å². The zero-order chi connectivity index (χ0) is 20.5. The number of aliphatic imine (C=N–C) groups is 1. The van der Waals surface area contributed by atoms with Crippen LogP contribution in [-0.4, -0.2) is 41.0 Å². The maximum absolute atomic E-state index is 9.90. The minimum absolute atomic E-state index is 0.122. The van der Waals surface area contributed by atoms with Gasteiger partial charge in [-0.25, -0.2) is 9.67 Å². The third kappa shape index (κ3) is 5.75. The number of nitrogens with zero attached hydrogens (tertiary/aromatic N) is 3. The van der Waals surface area contributed by atoms with Crippen molar-refractivity contribution >= 4 is 5.96 Å². The van der Waals surface area contributed by atoms with Crippen LogP contribution in [0.4, 0.5) is 0 Å². The first-order valence-electron chi connectivity index (χ1n) is 9.66. The van der Waals surface area contributed by atoms with Crippen LogP contribution in [0.15, 0.2) is 65.9 Å². The molecule has 0 unspecified atom stereocenters. The molecule has 7 nitrogen and oxygen atoms in total. The second-order valence-corrected chi connectivity index (χ2v) is 6.50. The van der Waals surface area contributed by atoms with Crippen LogP contribution in [0, 0.1) is 0 Å². The summed E-state index contributed by atoms with van der Waals surface area (Å²) in [5.74, 6) is 1.33. The number of methoxy groups -OCH3 is 1. The summed E-state index contributed by atoms with van der Waals surface area (Å²) >= 11 is 0. The van der Waals surface area contributed by atoms with Gasteiger partial charge in [0.15, 0.2) is 17.5 Å². The summed E-state index contributed by atoms with van der Waals surface area (Å²) < 4.78 is 6.91. The molecule has 0 saturated carbocycles. The molecule has 7 heteroatoms. The zero-order valence-electron chi connectivity index (χ0n) is 16.8. The number of rotatable bonds is 8. The Morgan fingerprint density at radius 3 is 2.59 bits per heavy atom. The van der Waals surface area contributed by atoms with Gasteiger partial charge in [-0.2, -0.15) is 5.10 Å². The van der Waals surface area contributed by atoms with Crippen molar-refractivity contribution in [2.45, 2.75) is 19.9 Å². The maximum atomic E-state index is 9.90. The third-order valence-corrected chi connectivity index (χ3v) is 4.42. The van der Waals surface area contributed by atoms with Gasteiger partial charge in [0.05, 0.1) is 19.3 Å². The van der Waals surface area contributed by atoms with Gasteiger partial charge >= 0.3 is 0 Å². The fourth-order valence-electron chi connectivity index (χ4n) is 2.91. The molecule has 3 N–H and O–H groups in total. The average Bonchev–Trinajstić information content (AvgIpc) is 3.27. The molecule has 0 aliphatic carbocycles. The van der Waals surface area contributed by atoms with E-state index in [0.717, 1.165) is 36.7 Å². The Kier molecular flexibility index (Phi) is 7.10. The van der Waals surface area contributed by atoms with E-state index in [9.17, 15) is 5.11 Å². The molecule has 152 valence electrons. The molecule has 29 heavy (non-hydrogen) atoms. The van der Waals surface area contributed by atoms with Gasteiger partial charge < -0.3 is 20.5 Å². The number of nitrogens with one attached hydrogen (secondary N) is 2. The largest absolute Gasteiger partial charge is 0.504 e. The highest BCUT2D eigenvalue weighted by molar-refractivity contribution is 5.79. The van der Waals surface area contributed by atoms with Gasteiger partial charge in [-0.1, -0.05) is 18.2 Å². The van der Waals surface area contributed by atoms with Gasteiger partial charge in [0.1, 0.15) is 0 Å². The molecular weight excluding hydrogens is 366 g/mol. The van der Waals surface area contributed by atoms with E-state index in [1.807, 2.05) is 29.9 Å². The summed E-state index contributed by atoms with van der Waals surface area (Å²) in [6.45, 7) is 4.04. The third-order valence-electron chi connectivity index (χ3n) is 4.42. The van der Waals surface area contributed by atoms with Gasteiger partial charge in [-0.05, 0) is 54.8 Å². The molecule has 0 aliphatic heterocycles. The van der Waals surface area contributed by atoms with E-state index in [2.05, 4.69) is 45.0 Å². The lowest BCUT2D eigenvalue weighted by molar-refractivity contribution is 0.373. The standard InChI is InChI=1S/C22H27N5O2/c1-3-23-22(25-16-18-7-10-21(29-2)20(28)15-18)24-13-11-17-5-8-19(9-6-17)27-14-4-12-26-27/h4-10,12,14-15,28H,3,11,13,16H2,1-2H3,(H2,23,24,25). The summed E-state index contributed by atoms with van der Waals surface area (Å²) in [6, 6.07) is 15.6. The first kappa shape index (κ1) is 20.3. The van der Waals surface area contributed by atoms with Crippen molar-refractivity contribution in [3.63, 3.8) is 0 Å². The molecule has 0 aliphatic rings. The molecule has 2 aromatic carbocycles. The number of ether oxygens (including phenoxy) is 1. The molecule has 0 spiro atoms. The van der Waals surface area contributed by atoms with Crippen LogP contribution in [0.25, 0.3) is 5.69 Å². The van der Waals surface area contributed by atoms with E-state index in [0.29, 0.717) is 12.3 Å². The Morgan fingerprint density at radius 1 is 1.14 bits per heavy atom. The summed E-state index contributed by atoms with van der Waals surface area (Å²) in [6.07, 6.45) is 4.58. The fraction of sp³-hybridized carbons (Fsp3) is 0.273. The molecule has 3 aromatic rings. The van der Waals surface area contributed by atoms with Crippen molar-refractivity contribution in [1.82, 2.24) is 20.4 Å². The molecule has 0 radical (unpaired) electrons. The smallest absolute Gasteiger partial charge is 0.191 e. The van der Waals surface area contributed by atoms with Crippen LogP contribution in [0.5, 0.6) is 11.5 Å². The number of benzene rings is 2. The van der Waals surface area contributed by atoms with E-state index >= 15 is 0 Å². The average molecular weight is 393 g/mol. The lowest BCUT2D eigenvalue weighted by Crippen LogP contribution is -2.38. The predicted molar refractivity (Wildman–Crippen MR) is 115 cm³/mol. The monoisotopic (exact) mass is 393 g/mol. The van der Waals surface area contributed by atoms with Crippen LogP contribution in [0.2, 0.25) is 0 Å². The molecule has 0 atom stereocenters. The molecule has 0 saturated heterocycles. The van der Waals surface area contributed by atoms with Crippen LogP contribution >= 0.6 is 0 Å². The second kappa shape index (κ2) is 10.2. The Balaban J connectivity index is 1.53. The number of guanidine groups is 1. The van der Waals surface area contributed by atoms with Crippen LogP contribution < -0.4 is 15.4 Å². The topological polar surface area (TPSA) is 83.7 Å². The highest BCUT2D eigenvalue weighted by atomic mass is 16.5. The highest BCUT2D eigenvalue weighted by Crippen LogP contribution is 2.26. The SMILES string of the molecule is CCNC(=NCc1ccc(OC)c(O)c1)NCCc1ccc(-n2cccn2)cc1. The number of phenolic OH excluding ortho intramolecular Hbond substituents is 1. The van der Waals surface area contributed by atoms with Gasteiger partial charge in [-0.15, -0.1) is 0 Å². The number of aromatic nitrogens is 2. The van der Waals surface area contributed by atoms with Gasteiger partial charge in [0.2, 0.25) is 0 Å². The lowest BCUT2D eigenvalue weighted by Gasteiger charge is -2.12. The van der Waals surface area contributed by atoms with Crippen molar-refractivity contribution in [2.24, 2.45) is 4.99 Å². The highest BCUT2D eigenvalue weighted by Gasteiger charge is 2.03. The summed E-state index contributed by atoms with van der Waals surface area (Å²) in [5.41, 5.74) is 3.20. The Labute approximate surface area is 171 Å². The second-order valence-electron chi connectivity index (χ2n) is 6.50. The molecule has 1 aromatic heterocycles. The van der Waals surface area contributed by atoms with Crippen LogP contribution in [0.1, 0.15) is 18.1 Å². The maximum Gasteiger partial charge on any atom is 0.191 e. The van der Waals surface area contributed by atoms with E-state index in [1.165, 1.54) is 12.7 Å². The van der Waals surface area contributed by atoms with Gasteiger partial charge in [-0.3, -0.25) is 0 Å². The zero-order valence-corrected chi connectivity index (χ0v) is 16.8. The summed E-state index contributed by atoms with van der Waals surface area (Å²) in [5, 5.41) is 20.7. The van der Waals surface area contributed by atoms with Crippen LogP contribution in [-0.2, 0) is 13.0 Å². The van der Waals surface area contributed by atoms with Crippen molar-refractivity contribution in [2.75, 3.05) is 20.2 Å². The molecule has 1 heterocycles. The van der Waals surface area contributed by atoms with Crippen LogP contribution in [0.3, 0.4) is 0 Å². The molecule has 0 amide bonds. The number of aromatic hydroxyl groups is 1. The molecule has 0 fully saturated rings. The van der Waals surface area contributed by atoms with Crippen molar-refractivity contribution in [3.8, 4) is 17.2 Å². The Bertz CT molecular complexity index is 921. The van der Waals surface area contributed by atoms with Gasteiger partial charge in [0.25, 0.3) is 0 Å². The first-order valence-corrected chi connectivity index (χ1v) is 9.66. The van der Waals surface area contributed by atoms with E-state index < -0.39 is 0 Å². The summed E-state index contributed by atoms with van der Waals surface area (Å²) in [7, 11) is 1.53. The Morgan fingerprint density at radius 2 is 1.93 bits per heavy atom. The lowest BCUT2D eigenvalue weighted by atomic mass is 10.1. The summed E-state index contributed by atoms with van der Waals surface area (Å²) in [4.78, 5) is 4.59.